The number of hydrogen-bond acceptors (Lipinski definition) is 20. The van der Waals surface area contributed by atoms with Crippen molar-refractivity contribution in [3.8, 4) is 33.8 Å². The molecule has 121 heavy (non-hydrogen) atoms. The van der Waals surface area contributed by atoms with E-state index in [2.05, 4.69) is 109 Å². The number of rotatable bonds is 27. The number of hydrogen-bond donors (Lipinski definition) is 8. The molecule has 0 radical (unpaired) electrons. The van der Waals surface area contributed by atoms with Gasteiger partial charge in [-0.1, -0.05) is 69.8 Å². The number of piperazine rings is 2. The van der Waals surface area contributed by atoms with Gasteiger partial charge in [0.15, 0.2) is 11.3 Å². The predicted octanol–water partition coefficient (Wildman–Crippen LogP) is 13.2. The summed E-state index contributed by atoms with van der Waals surface area (Å²) in [6.45, 7) is 24.1. The largest absolute Gasteiger partial charge is 0.497 e. The lowest BCUT2D eigenvalue weighted by molar-refractivity contribution is 0.0204. The van der Waals surface area contributed by atoms with Crippen molar-refractivity contribution < 1.29 is 52.5 Å². The molecule has 4 bridgehead atoms. The smallest absolute Gasteiger partial charge is 0.410 e. The van der Waals surface area contributed by atoms with Crippen molar-refractivity contribution in [3.63, 3.8) is 0 Å². The highest BCUT2D eigenvalue weighted by atomic mass is 16.6. The molecule has 10 heterocycles. The molecule has 6 fully saturated rings. The first kappa shape index (κ1) is 87.2. The van der Waals surface area contributed by atoms with Crippen molar-refractivity contribution >= 4 is 69.4 Å². The van der Waals surface area contributed by atoms with E-state index in [1.165, 1.54) is 12.0 Å². The third-order valence-electron chi connectivity index (χ3n) is 23.1. The van der Waals surface area contributed by atoms with E-state index in [0.29, 0.717) is 117 Å². The standard InChI is InChI=1S/C44H52N8O4.C39H42N6O5.C10H18N2O2.CH4/c1-4-40-38(41(49-34-12-14-56-15-13-34)39-25-48-52(5-2)42(39)50-40)24-47-44(54)32-11-7-10-31(19-32)43(53)46-22-29-17-33(20-37(18-29)55-3)30-9-6-8-28(16-30)26-51-27-35-21-36(51)23-45-35;1-4-35-33(36(43-31-12-14-50-15-13-31)34-23-42-45(5-2)37(34)44-35)22-41-39(48)29-11-7-10-28(19-29)38(47)40-21-26-17-30(20-32(18-26)49-3)27-9-6-8-25(16-27)24-46;1-10(2,3)14-9(13)12-6-7-4-8(12)5-11-7;/h6-11,16-20,25,34-36,45H,4-5,12-15,21-24,26-27H2,1-3H3,(H,46,53)(H,47,54)(H,49,50);6-11,16-20,23-24,31H,4-5,12-15,21-22H2,1-3H3,(H,40,47)(H,41,48)(H,43,44);7-8,11H,4-6H2,1-3H3;1H4/t35-,36-;;7-,8-;/m0.1./s1. The molecule has 4 aromatic heterocycles. The first-order valence-corrected chi connectivity index (χ1v) is 42.2. The third-order valence-corrected chi connectivity index (χ3v) is 23.1. The minimum absolute atomic E-state index is 0. The van der Waals surface area contributed by atoms with Gasteiger partial charge in [0.25, 0.3) is 23.6 Å². The Balaban J connectivity index is 0.000000179. The van der Waals surface area contributed by atoms with Gasteiger partial charge in [0, 0.05) is 185 Å². The van der Waals surface area contributed by atoms with Crippen LogP contribution in [0.1, 0.15) is 185 Å². The molecular weight excluding hydrogens is 1530 g/mol. The second kappa shape index (κ2) is 40.2. The van der Waals surface area contributed by atoms with Gasteiger partial charge in [0.2, 0.25) is 0 Å². The Bertz CT molecular complexity index is 5340. The van der Waals surface area contributed by atoms with Gasteiger partial charge in [-0.05, 0) is 210 Å². The second-order valence-corrected chi connectivity index (χ2v) is 32.5. The van der Waals surface area contributed by atoms with Crippen molar-refractivity contribution in [1.82, 2.24) is 71.2 Å². The molecule has 5 amide bonds. The molecule has 6 aromatic carbocycles. The summed E-state index contributed by atoms with van der Waals surface area (Å²) in [5, 5.41) is 37.7. The fourth-order valence-electron chi connectivity index (χ4n) is 16.8. The number of nitrogens with one attached hydrogen (secondary N) is 8. The third kappa shape index (κ3) is 21.4. The number of pyridine rings is 2. The van der Waals surface area contributed by atoms with Gasteiger partial charge in [-0.15, -0.1) is 0 Å². The lowest BCUT2D eigenvalue weighted by Crippen LogP contribution is -2.48. The number of amides is 5. The number of anilines is 2. The van der Waals surface area contributed by atoms with E-state index in [1.54, 1.807) is 68.8 Å². The lowest BCUT2D eigenvalue weighted by atomic mass is 10.00. The molecular formula is C94H116N16O11. The van der Waals surface area contributed by atoms with Crippen molar-refractivity contribution in [2.24, 2.45) is 0 Å². The molecule has 0 saturated carbocycles. The van der Waals surface area contributed by atoms with E-state index in [-0.39, 0.29) is 74.5 Å². The topological polar surface area (TPSA) is 313 Å². The first-order chi connectivity index (χ1) is 58.2. The Kier molecular flexibility index (Phi) is 29.0. The van der Waals surface area contributed by atoms with Crippen LogP contribution in [0.3, 0.4) is 0 Å². The number of carbonyl (C=O) groups excluding carboxylic acids is 6. The van der Waals surface area contributed by atoms with Crippen LogP contribution in [0.2, 0.25) is 0 Å². The number of carbonyl (C=O) groups is 6. The summed E-state index contributed by atoms with van der Waals surface area (Å²) >= 11 is 0. The van der Waals surface area contributed by atoms with E-state index in [0.717, 1.165) is 166 Å². The van der Waals surface area contributed by atoms with Crippen molar-refractivity contribution in [3.05, 3.63) is 213 Å². The van der Waals surface area contributed by atoms with Crippen LogP contribution in [0.15, 0.2) is 146 Å². The van der Waals surface area contributed by atoms with Gasteiger partial charge < -0.3 is 71.1 Å². The van der Waals surface area contributed by atoms with Gasteiger partial charge in [-0.2, -0.15) is 10.2 Å². The minimum Gasteiger partial charge on any atom is -0.497 e. The van der Waals surface area contributed by atoms with Crippen LogP contribution in [-0.4, -0.2) is 184 Å². The normalized spacial score (nSPS) is 17.5. The fourth-order valence-corrected chi connectivity index (χ4v) is 16.8. The van der Waals surface area contributed by atoms with E-state index in [9.17, 15) is 28.8 Å². The summed E-state index contributed by atoms with van der Waals surface area (Å²) in [5.41, 5.74) is 15.9. The number of aldehydes is 1. The number of aromatic nitrogens is 6. The van der Waals surface area contributed by atoms with Crippen LogP contribution in [0.25, 0.3) is 44.3 Å². The SMILES string of the molecule is C.CC(C)(C)OC(=O)N1C[C@H]2C[C@@H]1CN2.CCc1nc2c(cnn2CC)c(NC2CCOCC2)c1CNC(=O)c1cccc(C(=O)NCc2cc(OC)cc(-c3cccc(C=O)c3)c2)c1.CCc1nc2c(cnn2CC)c(NC2CCOCC2)c1CNC(=O)c1cccc(C(=O)NCc2cc(OC)cc(-c3cccc(CN4C[C@@H]5C[C@H]4CN5)c3)c2)c1. The molecule has 6 saturated heterocycles. The summed E-state index contributed by atoms with van der Waals surface area (Å²) in [4.78, 5) is 91.4. The van der Waals surface area contributed by atoms with E-state index >= 15 is 0 Å². The number of likely N-dealkylation sites (tertiary alicyclic amines) is 2. The zero-order valence-electron chi connectivity index (χ0n) is 70.2. The summed E-state index contributed by atoms with van der Waals surface area (Å²) in [6, 6.07) is 43.9. The first-order valence-electron chi connectivity index (χ1n) is 42.2. The number of ether oxygens (including phenoxy) is 5. The number of nitrogens with zero attached hydrogens (tertiary/aromatic N) is 8. The molecule has 0 aliphatic carbocycles. The lowest BCUT2D eigenvalue weighted by Gasteiger charge is -2.30. The molecule has 4 atom stereocenters. The van der Waals surface area contributed by atoms with E-state index in [4.69, 9.17) is 33.7 Å². The van der Waals surface area contributed by atoms with Crippen LogP contribution in [0.4, 0.5) is 16.2 Å². The zero-order valence-corrected chi connectivity index (χ0v) is 70.2. The molecule has 16 rings (SSSR count). The fraction of sp³-hybridized carbons (Fsp3) is 0.426. The number of benzene rings is 6. The monoisotopic (exact) mass is 1640 g/mol. The summed E-state index contributed by atoms with van der Waals surface area (Å²) in [5.74, 6) is 0.220. The van der Waals surface area contributed by atoms with Gasteiger partial charge in [0.05, 0.1) is 48.8 Å². The Morgan fingerprint density at radius 3 is 1.37 bits per heavy atom. The van der Waals surface area contributed by atoms with Crippen LogP contribution in [0, 0.1) is 0 Å². The molecule has 6 aliphatic heterocycles. The summed E-state index contributed by atoms with van der Waals surface area (Å²) in [6.07, 6.45) is 11.6. The Morgan fingerprint density at radius 1 is 0.521 bits per heavy atom. The highest BCUT2D eigenvalue weighted by molar-refractivity contribution is 6.01. The van der Waals surface area contributed by atoms with Crippen molar-refractivity contribution in [2.75, 3.05) is 77.5 Å². The van der Waals surface area contributed by atoms with Crippen LogP contribution < -0.4 is 52.0 Å². The van der Waals surface area contributed by atoms with Crippen molar-refractivity contribution in [2.45, 2.75) is 195 Å². The van der Waals surface area contributed by atoms with E-state index < -0.39 is 0 Å². The van der Waals surface area contributed by atoms with Gasteiger partial charge >= 0.3 is 6.09 Å². The molecule has 0 unspecified atom stereocenters. The molecule has 27 heteroatoms. The summed E-state index contributed by atoms with van der Waals surface area (Å²) in [7, 11) is 3.24. The second-order valence-electron chi connectivity index (χ2n) is 32.5. The molecule has 27 nitrogen and oxygen atoms in total. The molecule has 0 spiro atoms. The molecule has 6 aliphatic rings. The average Bonchev–Trinajstić information content (AvgIpc) is 1.69. The minimum atomic E-state index is -0.383. The Morgan fingerprint density at radius 2 is 0.959 bits per heavy atom. The highest BCUT2D eigenvalue weighted by Crippen LogP contribution is 2.36. The number of fused-ring (bicyclic) bond motifs is 6. The predicted molar refractivity (Wildman–Crippen MR) is 470 cm³/mol. The maximum Gasteiger partial charge on any atom is 0.410 e. The number of methoxy groups -OCH3 is 2. The van der Waals surface area contributed by atoms with Crippen LogP contribution >= 0.6 is 0 Å². The molecule has 8 N–H and O–H groups in total. The quantitative estimate of drug-likeness (QED) is 0.0222. The van der Waals surface area contributed by atoms with Gasteiger partial charge in [0.1, 0.15) is 23.4 Å². The Hall–Kier alpha value is -11.6. The highest BCUT2D eigenvalue weighted by Gasteiger charge is 2.42. The maximum absolute atomic E-state index is 13.6. The van der Waals surface area contributed by atoms with Gasteiger partial charge in [-0.25, -0.2) is 24.1 Å². The zero-order chi connectivity index (χ0) is 84.0. The van der Waals surface area contributed by atoms with Crippen LogP contribution in [0.5, 0.6) is 11.5 Å². The maximum atomic E-state index is 13.6. The Labute approximate surface area is 708 Å². The van der Waals surface area contributed by atoms with Crippen molar-refractivity contribution in [1.29, 1.82) is 0 Å². The van der Waals surface area contributed by atoms with Crippen LogP contribution in [-0.2, 0) is 72.9 Å². The van der Waals surface area contributed by atoms with Gasteiger partial charge in [-0.3, -0.25) is 28.9 Å². The molecule has 10 aromatic rings. The number of aryl methyl sites for hydroxylation is 4. The average molecular weight is 1650 g/mol. The molecule has 638 valence electrons. The summed E-state index contributed by atoms with van der Waals surface area (Å²) < 4.78 is 31.5. The van der Waals surface area contributed by atoms with E-state index in [1.807, 2.05) is 103 Å².